The van der Waals surface area contributed by atoms with E-state index in [1.54, 1.807) is 31.2 Å². The van der Waals surface area contributed by atoms with Gasteiger partial charge < -0.3 is 9.30 Å². The van der Waals surface area contributed by atoms with Crippen molar-refractivity contribution in [2.45, 2.75) is 19.6 Å². The number of rotatable bonds is 4. The van der Waals surface area contributed by atoms with Gasteiger partial charge in [-0.1, -0.05) is 29.8 Å². The van der Waals surface area contributed by atoms with Crippen molar-refractivity contribution in [1.29, 1.82) is 0 Å². The minimum absolute atomic E-state index is 0.0312. The lowest BCUT2D eigenvalue weighted by Gasteiger charge is -2.15. The van der Waals surface area contributed by atoms with Gasteiger partial charge in [0.2, 0.25) is 5.43 Å². The smallest absolute Gasteiger partial charge is 0.416 e. The van der Waals surface area contributed by atoms with E-state index in [1.165, 1.54) is 16.8 Å². The van der Waals surface area contributed by atoms with Crippen LogP contribution in [0.4, 0.5) is 13.2 Å². The van der Waals surface area contributed by atoms with Gasteiger partial charge in [-0.05, 0) is 36.8 Å². The topological polar surface area (TPSA) is 48.3 Å². The molecule has 1 aromatic heterocycles. The van der Waals surface area contributed by atoms with Gasteiger partial charge in [-0.2, -0.15) is 13.2 Å². The van der Waals surface area contributed by atoms with Crippen molar-refractivity contribution in [3.8, 4) is 0 Å². The van der Waals surface area contributed by atoms with Gasteiger partial charge >= 0.3 is 12.1 Å². The molecule has 0 aliphatic heterocycles. The maximum absolute atomic E-state index is 13.1. The molecule has 0 atom stereocenters. The lowest BCUT2D eigenvalue weighted by atomic mass is 10.1. The predicted octanol–water partition coefficient (Wildman–Crippen LogP) is 4.90. The number of fused-ring (bicyclic) bond motifs is 1. The number of carbonyl (C=O) groups is 1. The van der Waals surface area contributed by atoms with E-state index in [2.05, 4.69) is 0 Å². The molecular formula is C20H15ClF3NO3. The van der Waals surface area contributed by atoms with Crippen LogP contribution >= 0.6 is 11.6 Å². The van der Waals surface area contributed by atoms with Crippen LogP contribution in [0.1, 0.15) is 28.4 Å². The molecule has 4 nitrogen and oxygen atoms in total. The molecule has 1 heterocycles. The van der Waals surface area contributed by atoms with Gasteiger partial charge in [-0.15, -0.1) is 0 Å². The summed E-state index contributed by atoms with van der Waals surface area (Å²) >= 11 is 6.18. The Hall–Kier alpha value is -2.80. The minimum atomic E-state index is -4.62. The van der Waals surface area contributed by atoms with Gasteiger partial charge in [-0.25, -0.2) is 4.79 Å². The molecule has 28 heavy (non-hydrogen) atoms. The van der Waals surface area contributed by atoms with E-state index in [4.69, 9.17) is 16.3 Å². The second-order valence-electron chi connectivity index (χ2n) is 6.04. The molecule has 0 unspecified atom stereocenters. The molecule has 0 spiro atoms. The molecule has 3 rings (SSSR count). The van der Waals surface area contributed by atoms with Crippen molar-refractivity contribution < 1.29 is 22.7 Å². The Kier molecular flexibility index (Phi) is 5.47. The predicted molar refractivity (Wildman–Crippen MR) is 99.7 cm³/mol. The molecule has 0 radical (unpaired) electrons. The van der Waals surface area contributed by atoms with Gasteiger partial charge in [0, 0.05) is 23.2 Å². The van der Waals surface area contributed by atoms with Crippen LogP contribution in [-0.4, -0.2) is 17.1 Å². The number of nitrogens with zero attached hydrogens (tertiary/aromatic N) is 1. The highest BCUT2D eigenvalue weighted by atomic mass is 35.5. The zero-order valence-corrected chi connectivity index (χ0v) is 15.5. The third-order valence-corrected chi connectivity index (χ3v) is 4.57. The highest BCUT2D eigenvalue weighted by molar-refractivity contribution is 6.31. The van der Waals surface area contributed by atoms with E-state index in [-0.39, 0.29) is 29.6 Å². The summed E-state index contributed by atoms with van der Waals surface area (Å²) in [7, 11) is 0. The molecule has 0 saturated heterocycles. The lowest BCUT2D eigenvalue weighted by molar-refractivity contribution is -0.137. The summed E-state index contributed by atoms with van der Waals surface area (Å²) in [5, 5.41) is 0.242. The molecule has 0 aliphatic carbocycles. The normalized spacial score (nSPS) is 11.6. The number of ether oxygens (including phenoxy) is 1. The van der Waals surface area contributed by atoms with Crippen LogP contribution in [0.15, 0.2) is 53.5 Å². The number of benzene rings is 2. The Labute approximate surface area is 163 Å². The fraction of sp³-hybridized carbons (Fsp3) is 0.200. The molecule has 8 heteroatoms. The molecule has 0 bridgehead atoms. The molecule has 0 N–H and O–H groups in total. The molecule has 0 aliphatic rings. The molecule has 2 aromatic carbocycles. The SMILES string of the molecule is CCOC(=O)c1cn(Cc2ccccc2Cl)c2ccc(C(F)(F)F)cc2c1=O. The fourth-order valence-corrected chi connectivity index (χ4v) is 3.06. The molecular weight excluding hydrogens is 395 g/mol. The molecule has 0 fully saturated rings. The second-order valence-corrected chi connectivity index (χ2v) is 6.45. The Morgan fingerprint density at radius 3 is 2.54 bits per heavy atom. The van der Waals surface area contributed by atoms with Crippen LogP contribution < -0.4 is 5.43 Å². The molecule has 3 aromatic rings. The maximum atomic E-state index is 13.1. The van der Waals surface area contributed by atoms with Crippen molar-refractivity contribution in [2.24, 2.45) is 0 Å². The lowest BCUT2D eigenvalue weighted by Crippen LogP contribution is -2.22. The van der Waals surface area contributed by atoms with Gasteiger partial charge in [0.1, 0.15) is 5.56 Å². The number of carbonyl (C=O) groups excluding carboxylic acids is 1. The summed E-state index contributed by atoms with van der Waals surface area (Å²) in [5.41, 5.74) is -1.17. The first-order valence-electron chi connectivity index (χ1n) is 8.37. The average Bonchev–Trinajstić information content (AvgIpc) is 2.64. The van der Waals surface area contributed by atoms with Crippen molar-refractivity contribution in [3.05, 3.63) is 80.6 Å². The van der Waals surface area contributed by atoms with Crippen LogP contribution in [0.2, 0.25) is 5.02 Å². The fourth-order valence-electron chi connectivity index (χ4n) is 2.87. The first-order chi connectivity index (χ1) is 13.2. The van der Waals surface area contributed by atoms with E-state index in [0.717, 1.165) is 12.1 Å². The zero-order valence-electron chi connectivity index (χ0n) is 14.7. The second kappa shape index (κ2) is 7.67. The summed E-state index contributed by atoms with van der Waals surface area (Å²) in [6.07, 6.45) is -3.33. The summed E-state index contributed by atoms with van der Waals surface area (Å²) < 4.78 is 45.7. The van der Waals surface area contributed by atoms with E-state index in [9.17, 15) is 22.8 Å². The number of esters is 1. The Morgan fingerprint density at radius 1 is 1.18 bits per heavy atom. The number of pyridine rings is 1. The Morgan fingerprint density at radius 2 is 1.89 bits per heavy atom. The van der Waals surface area contributed by atoms with Crippen LogP contribution in [0.25, 0.3) is 10.9 Å². The summed E-state index contributed by atoms with van der Waals surface area (Å²) in [4.78, 5) is 24.9. The largest absolute Gasteiger partial charge is 0.462 e. The van der Waals surface area contributed by atoms with E-state index >= 15 is 0 Å². The highest BCUT2D eigenvalue weighted by Crippen LogP contribution is 2.31. The maximum Gasteiger partial charge on any atom is 0.416 e. The monoisotopic (exact) mass is 409 g/mol. The van der Waals surface area contributed by atoms with Gasteiger partial charge in [0.05, 0.1) is 17.7 Å². The molecule has 146 valence electrons. The quantitative estimate of drug-likeness (QED) is 0.576. The number of hydrogen-bond donors (Lipinski definition) is 0. The van der Waals surface area contributed by atoms with Gasteiger partial charge in [0.15, 0.2) is 0 Å². The van der Waals surface area contributed by atoms with Gasteiger partial charge in [0.25, 0.3) is 0 Å². The summed E-state index contributed by atoms with van der Waals surface area (Å²) in [6, 6.07) is 9.80. The van der Waals surface area contributed by atoms with Crippen molar-refractivity contribution in [3.63, 3.8) is 0 Å². The third-order valence-electron chi connectivity index (χ3n) is 4.20. The number of halogens is 4. The summed E-state index contributed by atoms with van der Waals surface area (Å²) in [6.45, 7) is 1.76. The minimum Gasteiger partial charge on any atom is -0.462 e. The van der Waals surface area contributed by atoms with Gasteiger partial charge in [-0.3, -0.25) is 4.79 Å². The van der Waals surface area contributed by atoms with Crippen LogP contribution in [0, 0.1) is 0 Å². The van der Waals surface area contributed by atoms with Crippen LogP contribution in [0.5, 0.6) is 0 Å². The van der Waals surface area contributed by atoms with E-state index in [1.807, 2.05) is 0 Å². The van der Waals surface area contributed by atoms with E-state index < -0.39 is 23.1 Å². The number of aromatic nitrogens is 1. The molecule has 0 amide bonds. The van der Waals surface area contributed by atoms with Crippen molar-refractivity contribution >= 4 is 28.5 Å². The average molecular weight is 410 g/mol. The standard InChI is InChI=1S/C20H15ClF3NO3/c1-2-28-19(27)15-11-25(10-12-5-3-4-6-16(12)21)17-8-7-13(20(22,23)24)9-14(17)18(15)26/h3-9,11H,2,10H2,1H3. The van der Waals surface area contributed by atoms with Crippen molar-refractivity contribution in [2.75, 3.05) is 6.61 Å². The third kappa shape index (κ3) is 3.89. The zero-order chi connectivity index (χ0) is 20.5. The van der Waals surface area contributed by atoms with E-state index in [0.29, 0.717) is 10.6 Å². The first kappa shape index (κ1) is 19.9. The highest BCUT2D eigenvalue weighted by Gasteiger charge is 2.31. The molecule has 0 saturated carbocycles. The first-order valence-corrected chi connectivity index (χ1v) is 8.75. The Balaban J connectivity index is 2.26. The van der Waals surface area contributed by atoms with Crippen LogP contribution in [0.3, 0.4) is 0 Å². The van der Waals surface area contributed by atoms with Crippen molar-refractivity contribution in [1.82, 2.24) is 4.57 Å². The number of hydrogen-bond acceptors (Lipinski definition) is 3. The number of alkyl halides is 3. The van der Waals surface area contributed by atoms with Crippen LogP contribution in [-0.2, 0) is 17.5 Å². The Bertz CT molecular complexity index is 1110. The summed E-state index contributed by atoms with van der Waals surface area (Å²) in [5.74, 6) is -0.889.